The van der Waals surface area contributed by atoms with Gasteiger partial charge < -0.3 is 0 Å². The fourth-order valence-corrected chi connectivity index (χ4v) is 2.47. The van der Waals surface area contributed by atoms with Gasteiger partial charge in [-0.15, -0.1) is 0 Å². The SMILES string of the molecule is NNC(Cc1ccccc1)Cc1ccc(F)c(Br)c1. The van der Waals surface area contributed by atoms with Gasteiger partial charge in [0.1, 0.15) is 5.82 Å². The molecule has 0 amide bonds. The summed E-state index contributed by atoms with van der Waals surface area (Å²) in [5.41, 5.74) is 5.10. The Hall–Kier alpha value is -1.23. The van der Waals surface area contributed by atoms with E-state index in [0.717, 1.165) is 18.4 Å². The van der Waals surface area contributed by atoms with Gasteiger partial charge in [0.2, 0.25) is 0 Å². The molecule has 0 aromatic heterocycles. The number of nitrogens with two attached hydrogens (primary N) is 1. The Labute approximate surface area is 120 Å². The topological polar surface area (TPSA) is 38.0 Å². The number of hydrogen-bond acceptors (Lipinski definition) is 2. The molecule has 0 saturated heterocycles. The molecule has 1 atom stereocenters. The zero-order valence-corrected chi connectivity index (χ0v) is 12.0. The van der Waals surface area contributed by atoms with Crippen molar-refractivity contribution in [3.63, 3.8) is 0 Å². The maximum atomic E-state index is 13.2. The van der Waals surface area contributed by atoms with Crippen LogP contribution in [0.4, 0.5) is 4.39 Å². The average molecular weight is 323 g/mol. The molecule has 0 fully saturated rings. The minimum Gasteiger partial charge on any atom is -0.271 e. The van der Waals surface area contributed by atoms with E-state index in [1.807, 2.05) is 18.2 Å². The van der Waals surface area contributed by atoms with Crippen LogP contribution >= 0.6 is 15.9 Å². The second-order valence-electron chi connectivity index (χ2n) is 4.51. The molecule has 0 aliphatic carbocycles. The third-order valence-corrected chi connectivity index (χ3v) is 3.63. The van der Waals surface area contributed by atoms with Crippen LogP contribution in [-0.4, -0.2) is 6.04 Å². The summed E-state index contributed by atoms with van der Waals surface area (Å²) in [6, 6.07) is 15.3. The molecule has 0 radical (unpaired) electrons. The van der Waals surface area contributed by atoms with Crippen molar-refractivity contribution in [3.8, 4) is 0 Å². The molecule has 3 N–H and O–H groups in total. The quantitative estimate of drug-likeness (QED) is 0.655. The predicted molar refractivity (Wildman–Crippen MR) is 79.1 cm³/mol. The number of benzene rings is 2. The first kappa shape index (κ1) is 14.2. The van der Waals surface area contributed by atoms with E-state index < -0.39 is 0 Å². The molecule has 0 bridgehead atoms. The largest absolute Gasteiger partial charge is 0.271 e. The van der Waals surface area contributed by atoms with Gasteiger partial charge in [-0.25, -0.2) is 4.39 Å². The van der Waals surface area contributed by atoms with Crippen LogP contribution in [0.15, 0.2) is 53.0 Å². The van der Waals surface area contributed by atoms with Gasteiger partial charge in [-0.2, -0.15) is 0 Å². The van der Waals surface area contributed by atoms with E-state index in [2.05, 4.69) is 33.5 Å². The number of halogens is 2. The standard InChI is InChI=1S/C15H16BrFN2/c16-14-10-12(6-7-15(14)17)9-13(19-18)8-11-4-2-1-3-5-11/h1-7,10,13,19H,8-9,18H2. The van der Waals surface area contributed by atoms with Crippen molar-refractivity contribution in [2.45, 2.75) is 18.9 Å². The van der Waals surface area contributed by atoms with Crippen molar-refractivity contribution >= 4 is 15.9 Å². The maximum absolute atomic E-state index is 13.2. The molecule has 0 aliphatic rings. The van der Waals surface area contributed by atoms with Crippen LogP contribution in [0.3, 0.4) is 0 Å². The molecule has 2 rings (SSSR count). The molecule has 0 spiro atoms. The number of hydrazine groups is 1. The lowest BCUT2D eigenvalue weighted by Gasteiger charge is -2.16. The molecule has 4 heteroatoms. The first-order valence-electron chi connectivity index (χ1n) is 6.13. The van der Waals surface area contributed by atoms with Crippen LogP contribution in [0.25, 0.3) is 0 Å². The third-order valence-electron chi connectivity index (χ3n) is 3.03. The Balaban J connectivity index is 2.04. The second-order valence-corrected chi connectivity index (χ2v) is 5.36. The minimum atomic E-state index is -0.246. The van der Waals surface area contributed by atoms with E-state index in [-0.39, 0.29) is 11.9 Å². The lowest BCUT2D eigenvalue weighted by atomic mass is 9.99. The highest BCUT2D eigenvalue weighted by Crippen LogP contribution is 2.18. The highest BCUT2D eigenvalue weighted by molar-refractivity contribution is 9.10. The van der Waals surface area contributed by atoms with Crippen LogP contribution in [-0.2, 0) is 12.8 Å². The first-order valence-corrected chi connectivity index (χ1v) is 6.92. The zero-order chi connectivity index (χ0) is 13.7. The normalized spacial score (nSPS) is 12.4. The van der Waals surface area contributed by atoms with E-state index in [9.17, 15) is 4.39 Å². The van der Waals surface area contributed by atoms with Crippen LogP contribution in [0.5, 0.6) is 0 Å². The minimum absolute atomic E-state index is 0.125. The molecule has 100 valence electrons. The summed E-state index contributed by atoms with van der Waals surface area (Å²) in [6.45, 7) is 0. The molecule has 0 aliphatic heterocycles. The van der Waals surface area contributed by atoms with Gasteiger partial charge in [-0.3, -0.25) is 11.3 Å². The maximum Gasteiger partial charge on any atom is 0.137 e. The van der Waals surface area contributed by atoms with Crippen LogP contribution in [0.2, 0.25) is 0 Å². The fourth-order valence-electron chi connectivity index (χ4n) is 2.04. The Morgan fingerprint density at radius 2 is 1.74 bits per heavy atom. The molecule has 1 unspecified atom stereocenters. The summed E-state index contributed by atoms with van der Waals surface area (Å²) in [4.78, 5) is 0. The van der Waals surface area contributed by atoms with Gasteiger partial charge in [0.25, 0.3) is 0 Å². The number of nitrogens with one attached hydrogen (secondary N) is 1. The summed E-state index contributed by atoms with van der Waals surface area (Å²) >= 11 is 3.20. The van der Waals surface area contributed by atoms with Crippen molar-refractivity contribution in [2.75, 3.05) is 0 Å². The Morgan fingerprint density at radius 3 is 2.37 bits per heavy atom. The summed E-state index contributed by atoms with van der Waals surface area (Å²) in [6.07, 6.45) is 1.59. The highest BCUT2D eigenvalue weighted by atomic mass is 79.9. The summed E-state index contributed by atoms with van der Waals surface area (Å²) in [5.74, 6) is 5.35. The monoisotopic (exact) mass is 322 g/mol. The van der Waals surface area contributed by atoms with Crippen molar-refractivity contribution < 1.29 is 4.39 Å². The first-order chi connectivity index (χ1) is 9.19. The predicted octanol–water partition coefficient (Wildman–Crippen LogP) is 3.21. The molecule has 0 saturated carbocycles. The number of rotatable bonds is 5. The smallest absolute Gasteiger partial charge is 0.137 e. The van der Waals surface area contributed by atoms with Gasteiger partial charge in [-0.1, -0.05) is 36.4 Å². The van der Waals surface area contributed by atoms with Crippen molar-refractivity contribution in [3.05, 3.63) is 69.9 Å². The zero-order valence-electron chi connectivity index (χ0n) is 10.4. The molecule has 2 aromatic carbocycles. The van der Waals surface area contributed by atoms with Crippen molar-refractivity contribution in [2.24, 2.45) is 5.84 Å². The van der Waals surface area contributed by atoms with Crippen molar-refractivity contribution in [1.29, 1.82) is 0 Å². The number of hydrogen-bond donors (Lipinski definition) is 2. The van der Waals surface area contributed by atoms with Crippen molar-refractivity contribution in [1.82, 2.24) is 5.43 Å². The van der Waals surface area contributed by atoms with E-state index in [0.29, 0.717) is 4.47 Å². The molecule has 0 heterocycles. The van der Waals surface area contributed by atoms with Gasteiger partial charge in [0, 0.05) is 6.04 Å². The lowest BCUT2D eigenvalue weighted by Crippen LogP contribution is -2.38. The highest BCUT2D eigenvalue weighted by Gasteiger charge is 2.10. The van der Waals surface area contributed by atoms with E-state index in [1.54, 1.807) is 12.1 Å². The molecular weight excluding hydrogens is 307 g/mol. The van der Waals surface area contributed by atoms with Gasteiger partial charge in [0.05, 0.1) is 4.47 Å². The summed E-state index contributed by atoms with van der Waals surface area (Å²) in [5, 5.41) is 0. The Bertz CT molecular complexity index is 531. The van der Waals surface area contributed by atoms with E-state index in [4.69, 9.17) is 5.84 Å². The Kier molecular flexibility index (Phi) is 5.07. The van der Waals surface area contributed by atoms with Gasteiger partial charge in [0.15, 0.2) is 0 Å². The summed E-state index contributed by atoms with van der Waals surface area (Å²) in [7, 11) is 0. The molecule has 2 nitrogen and oxygen atoms in total. The van der Waals surface area contributed by atoms with Crippen LogP contribution < -0.4 is 11.3 Å². The van der Waals surface area contributed by atoms with Crippen LogP contribution in [0.1, 0.15) is 11.1 Å². The molecule has 19 heavy (non-hydrogen) atoms. The van der Waals surface area contributed by atoms with E-state index in [1.165, 1.54) is 11.6 Å². The fraction of sp³-hybridized carbons (Fsp3) is 0.200. The third kappa shape index (κ3) is 4.13. The second kappa shape index (κ2) is 6.80. The van der Waals surface area contributed by atoms with Crippen LogP contribution in [0, 0.1) is 5.82 Å². The summed E-state index contributed by atoms with van der Waals surface area (Å²) < 4.78 is 13.7. The molecule has 2 aromatic rings. The molecular formula is C15H16BrFN2. The van der Waals surface area contributed by atoms with Gasteiger partial charge in [-0.05, 0) is 52.0 Å². The lowest BCUT2D eigenvalue weighted by molar-refractivity contribution is 0.521. The Morgan fingerprint density at radius 1 is 1.05 bits per heavy atom. The van der Waals surface area contributed by atoms with Gasteiger partial charge >= 0.3 is 0 Å². The van der Waals surface area contributed by atoms with E-state index >= 15 is 0 Å². The average Bonchev–Trinajstić information content (AvgIpc) is 2.43.